The topological polar surface area (TPSA) is 64.3 Å². The lowest BCUT2D eigenvalue weighted by Crippen LogP contribution is -2.25. The molecule has 0 bridgehead atoms. The zero-order chi connectivity index (χ0) is 13.7. The largest absolute Gasteiger partial charge is 0.497 e. The Morgan fingerprint density at radius 3 is 2.95 bits per heavy atom. The smallest absolute Gasteiger partial charge is 0.263 e. The molecule has 1 aromatic heterocycles. The summed E-state index contributed by atoms with van der Waals surface area (Å²) in [5.74, 6) is 0.710. The molecule has 100 valence electrons. The average Bonchev–Trinajstić information content (AvgIpc) is 2.85. The van der Waals surface area contributed by atoms with Gasteiger partial charge in [0.2, 0.25) is 0 Å². The van der Waals surface area contributed by atoms with E-state index in [2.05, 4.69) is 5.32 Å². The summed E-state index contributed by atoms with van der Waals surface area (Å²) in [4.78, 5) is 12.4. The van der Waals surface area contributed by atoms with Crippen molar-refractivity contribution in [1.82, 2.24) is 5.32 Å². The van der Waals surface area contributed by atoms with Crippen molar-refractivity contribution in [3.8, 4) is 5.75 Å². The van der Waals surface area contributed by atoms with Crippen LogP contribution in [-0.2, 0) is 6.42 Å². The van der Waals surface area contributed by atoms with Gasteiger partial charge in [0.25, 0.3) is 5.91 Å². The molecule has 4 nitrogen and oxygen atoms in total. The lowest BCUT2D eigenvalue weighted by molar-refractivity contribution is 0.0959. The molecule has 19 heavy (non-hydrogen) atoms. The Morgan fingerprint density at radius 1 is 1.42 bits per heavy atom. The predicted molar refractivity (Wildman–Crippen MR) is 77.8 cm³/mol. The third kappa shape index (κ3) is 3.48. The first-order valence-electron chi connectivity index (χ1n) is 5.95. The van der Waals surface area contributed by atoms with Crippen LogP contribution >= 0.6 is 11.3 Å². The SMILES string of the molecule is COc1cccc(CCNC(=O)c2sccc2N)c1. The first-order chi connectivity index (χ1) is 9.20. The highest BCUT2D eigenvalue weighted by Gasteiger charge is 2.10. The standard InChI is InChI=1S/C14H16N2O2S/c1-18-11-4-2-3-10(9-11)5-7-16-14(17)13-12(15)6-8-19-13/h2-4,6,8-9H,5,7,15H2,1H3,(H,16,17). The van der Waals surface area contributed by atoms with E-state index in [-0.39, 0.29) is 5.91 Å². The third-order valence-electron chi connectivity index (χ3n) is 2.74. The summed E-state index contributed by atoms with van der Waals surface area (Å²) < 4.78 is 5.15. The van der Waals surface area contributed by atoms with Crippen LogP contribution in [0.4, 0.5) is 5.69 Å². The molecule has 0 unspecified atom stereocenters. The van der Waals surface area contributed by atoms with Crippen LogP contribution in [0, 0.1) is 0 Å². The number of methoxy groups -OCH3 is 1. The quantitative estimate of drug-likeness (QED) is 0.880. The number of hydrogen-bond acceptors (Lipinski definition) is 4. The van der Waals surface area contributed by atoms with Crippen LogP contribution in [0.1, 0.15) is 15.2 Å². The predicted octanol–water partition coefficient (Wildman–Crippen LogP) is 2.31. The number of ether oxygens (including phenoxy) is 1. The van der Waals surface area contributed by atoms with Crippen molar-refractivity contribution in [2.45, 2.75) is 6.42 Å². The Labute approximate surface area is 116 Å². The van der Waals surface area contributed by atoms with Crippen LogP contribution in [0.2, 0.25) is 0 Å². The minimum atomic E-state index is -0.115. The van der Waals surface area contributed by atoms with Gasteiger partial charge in [-0.2, -0.15) is 0 Å². The Bertz CT molecular complexity index is 566. The molecule has 1 aromatic carbocycles. The summed E-state index contributed by atoms with van der Waals surface area (Å²) in [7, 11) is 1.64. The van der Waals surface area contributed by atoms with Crippen LogP contribution < -0.4 is 15.8 Å². The number of carbonyl (C=O) groups excluding carboxylic acids is 1. The van der Waals surface area contributed by atoms with Gasteiger partial charge in [0.15, 0.2) is 0 Å². The first kappa shape index (κ1) is 13.4. The molecule has 0 fully saturated rings. The highest BCUT2D eigenvalue weighted by atomic mass is 32.1. The molecule has 3 N–H and O–H groups in total. The van der Waals surface area contributed by atoms with E-state index in [1.807, 2.05) is 29.6 Å². The lowest BCUT2D eigenvalue weighted by atomic mass is 10.1. The molecular weight excluding hydrogens is 260 g/mol. The van der Waals surface area contributed by atoms with Gasteiger partial charge in [-0.3, -0.25) is 4.79 Å². The number of benzene rings is 1. The molecule has 0 radical (unpaired) electrons. The summed E-state index contributed by atoms with van der Waals surface area (Å²) in [6.45, 7) is 0.573. The van der Waals surface area contributed by atoms with Crippen LogP contribution in [0.25, 0.3) is 0 Å². The summed E-state index contributed by atoms with van der Waals surface area (Å²) >= 11 is 1.35. The number of amides is 1. The molecule has 0 spiro atoms. The first-order valence-corrected chi connectivity index (χ1v) is 6.83. The van der Waals surface area contributed by atoms with Gasteiger partial charge in [0.1, 0.15) is 10.6 Å². The molecule has 1 heterocycles. The molecule has 0 saturated carbocycles. The fourth-order valence-electron chi connectivity index (χ4n) is 1.73. The summed E-state index contributed by atoms with van der Waals surface area (Å²) in [5.41, 5.74) is 7.35. The Kier molecular flexibility index (Phi) is 4.41. The fourth-order valence-corrected chi connectivity index (χ4v) is 2.47. The summed E-state index contributed by atoms with van der Waals surface area (Å²) in [6, 6.07) is 9.54. The average molecular weight is 276 g/mol. The number of hydrogen-bond donors (Lipinski definition) is 2. The maximum atomic E-state index is 11.8. The molecule has 2 rings (SSSR count). The number of thiophene rings is 1. The number of anilines is 1. The molecule has 0 aliphatic carbocycles. The van der Waals surface area contributed by atoms with Crippen molar-refractivity contribution >= 4 is 22.9 Å². The summed E-state index contributed by atoms with van der Waals surface area (Å²) in [6.07, 6.45) is 0.758. The van der Waals surface area contributed by atoms with E-state index in [0.717, 1.165) is 17.7 Å². The molecule has 5 heteroatoms. The van der Waals surface area contributed by atoms with Crippen molar-refractivity contribution in [3.05, 3.63) is 46.2 Å². The molecule has 0 atom stereocenters. The maximum Gasteiger partial charge on any atom is 0.263 e. The van der Waals surface area contributed by atoms with Crippen molar-refractivity contribution in [3.63, 3.8) is 0 Å². The van der Waals surface area contributed by atoms with Crippen molar-refractivity contribution in [2.75, 3.05) is 19.4 Å². The van der Waals surface area contributed by atoms with Crippen molar-refractivity contribution in [2.24, 2.45) is 0 Å². The maximum absolute atomic E-state index is 11.8. The van der Waals surface area contributed by atoms with Crippen LogP contribution in [0.15, 0.2) is 35.7 Å². The van der Waals surface area contributed by atoms with Crippen LogP contribution in [-0.4, -0.2) is 19.6 Å². The van der Waals surface area contributed by atoms with Gasteiger partial charge in [0, 0.05) is 6.54 Å². The summed E-state index contributed by atoms with van der Waals surface area (Å²) in [5, 5.41) is 4.67. The second-order valence-electron chi connectivity index (χ2n) is 4.06. The number of carbonyl (C=O) groups is 1. The highest BCUT2D eigenvalue weighted by molar-refractivity contribution is 7.12. The van der Waals surface area contributed by atoms with Gasteiger partial charge in [-0.25, -0.2) is 0 Å². The van der Waals surface area contributed by atoms with E-state index in [1.165, 1.54) is 11.3 Å². The fraction of sp³-hybridized carbons (Fsp3) is 0.214. The van der Waals surface area contributed by atoms with E-state index >= 15 is 0 Å². The monoisotopic (exact) mass is 276 g/mol. The Balaban J connectivity index is 1.86. The minimum absolute atomic E-state index is 0.115. The van der Waals surface area contributed by atoms with E-state index in [9.17, 15) is 4.79 Å². The number of nitrogen functional groups attached to an aromatic ring is 1. The zero-order valence-electron chi connectivity index (χ0n) is 10.7. The molecule has 0 saturated heterocycles. The van der Waals surface area contributed by atoms with Gasteiger partial charge >= 0.3 is 0 Å². The normalized spacial score (nSPS) is 10.2. The Hall–Kier alpha value is -2.01. The number of nitrogens with two attached hydrogens (primary N) is 1. The van der Waals surface area contributed by atoms with Crippen LogP contribution in [0.5, 0.6) is 5.75 Å². The minimum Gasteiger partial charge on any atom is -0.497 e. The second kappa shape index (κ2) is 6.24. The molecular formula is C14H16N2O2S. The zero-order valence-corrected chi connectivity index (χ0v) is 11.5. The van der Waals surface area contributed by atoms with E-state index < -0.39 is 0 Å². The number of rotatable bonds is 5. The molecule has 0 aliphatic heterocycles. The van der Waals surface area contributed by atoms with Crippen LogP contribution in [0.3, 0.4) is 0 Å². The molecule has 0 aliphatic rings. The van der Waals surface area contributed by atoms with Gasteiger partial charge in [0.05, 0.1) is 12.8 Å². The van der Waals surface area contributed by atoms with E-state index in [1.54, 1.807) is 13.2 Å². The van der Waals surface area contributed by atoms with E-state index in [0.29, 0.717) is 17.1 Å². The highest BCUT2D eigenvalue weighted by Crippen LogP contribution is 2.18. The molecule has 2 aromatic rings. The third-order valence-corrected chi connectivity index (χ3v) is 3.66. The van der Waals surface area contributed by atoms with Gasteiger partial charge in [-0.1, -0.05) is 12.1 Å². The number of nitrogens with one attached hydrogen (secondary N) is 1. The lowest BCUT2D eigenvalue weighted by Gasteiger charge is -2.06. The van der Waals surface area contributed by atoms with E-state index in [4.69, 9.17) is 10.5 Å². The van der Waals surface area contributed by atoms with Gasteiger partial charge in [-0.15, -0.1) is 11.3 Å². The second-order valence-corrected chi connectivity index (χ2v) is 4.98. The molecule has 1 amide bonds. The van der Waals surface area contributed by atoms with Gasteiger partial charge in [-0.05, 0) is 35.6 Å². The van der Waals surface area contributed by atoms with Crippen molar-refractivity contribution < 1.29 is 9.53 Å². The van der Waals surface area contributed by atoms with Gasteiger partial charge < -0.3 is 15.8 Å². The van der Waals surface area contributed by atoms with Crippen molar-refractivity contribution in [1.29, 1.82) is 0 Å². The Morgan fingerprint density at radius 2 is 2.26 bits per heavy atom.